The summed E-state index contributed by atoms with van der Waals surface area (Å²) in [6.07, 6.45) is 25.7. The van der Waals surface area contributed by atoms with Crippen LogP contribution >= 0.6 is 0 Å². The average molecular weight is 352 g/mol. The topological polar surface area (TPSA) is 29.5 Å². The van der Waals surface area contributed by atoms with Crippen LogP contribution in [-0.4, -0.2) is 24.1 Å². The Morgan fingerprint density at radius 3 is 1.60 bits per heavy atom. The fraction of sp³-hybridized carbons (Fsp3) is 0.864. The molecule has 0 bridgehead atoms. The fourth-order valence-corrected chi connectivity index (χ4v) is 3.41. The highest BCUT2D eigenvalue weighted by atomic mass is 16.5. The Kier molecular flexibility index (Phi) is 14.5. The van der Waals surface area contributed by atoms with Crippen LogP contribution in [0.5, 0.6) is 0 Å². The van der Waals surface area contributed by atoms with Crippen LogP contribution in [-0.2, 0) is 9.53 Å². The van der Waals surface area contributed by atoms with E-state index in [1.165, 1.54) is 109 Å². The minimum atomic E-state index is -0.219. The molecule has 3 heteroatoms. The lowest BCUT2D eigenvalue weighted by Crippen LogP contribution is -2.27. The van der Waals surface area contributed by atoms with Gasteiger partial charge in [0.15, 0.2) is 6.73 Å². The molecule has 0 radical (unpaired) electrons. The third-order valence-corrected chi connectivity index (χ3v) is 5.09. The van der Waals surface area contributed by atoms with Gasteiger partial charge in [0.05, 0.1) is 0 Å². The van der Waals surface area contributed by atoms with Crippen molar-refractivity contribution in [3.05, 3.63) is 12.3 Å². The van der Waals surface area contributed by atoms with E-state index in [1.807, 2.05) is 6.20 Å². The van der Waals surface area contributed by atoms with E-state index in [2.05, 4.69) is 11.8 Å². The summed E-state index contributed by atoms with van der Waals surface area (Å²) < 4.78 is 4.97. The summed E-state index contributed by atoms with van der Waals surface area (Å²) in [4.78, 5) is 13.0. The van der Waals surface area contributed by atoms with Crippen LogP contribution in [0, 0.1) is 0 Å². The number of cyclic esters (lactones) is 1. The quantitative estimate of drug-likeness (QED) is 0.219. The first-order valence-corrected chi connectivity index (χ1v) is 10.9. The molecule has 0 aliphatic carbocycles. The van der Waals surface area contributed by atoms with Crippen molar-refractivity contribution in [3.63, 3.8) is 0 Å². The molecule has 0 aromatic rings. The largest absolute Gasteiger partial charge is 0.441 e. The van der Waals surface area contributed by atoms with E-state index in [-0.39, 0.29) is 5.97 Å². The lowest BCUT2D eigenvalue weighted by atomic mass is 10.0. The van der Waals surface area contributed by atoms with Crippen LogP contribution in [0.3, 0.4) is 0 Å². The molecule has 0 amide bonds. The van der Waals surface area contributed by atoms with E-state index >= 15 is 0 Å². The molecule has 0 aromatic heterocycles. The molecule has 3 nitrogen and oxygen atoms in total. The number of carbonyl (C=O) groups excluding carboxylic acids is 1. The van der Waals surface area contributed by atoms with Gasteiger partial charge in [-0.3, -0.25) is 0 Å². The van der Waals surface area contributed by atoms with Gasteiger partial charge in [-0.15, -0.1) is 0 Å². The summed E-state index contributed by atoms with van der Waals surface area (Å²) in [7, 11) is 0. The molecule has 0 N–H and O–H groups in total. The molecule has 1 aliphatic rings. The van der Waals surface area contributed by atoms with Crippen molar-refractivity contribution in [2.24, 2.45) is 0 Å². The standard InChI is InChI=1S/C22H41NO2/c1-2-3-4-5-6-7-8-9-10-11-12-13-14-15-16-17-19-23-20-18-22(24)25-21-23/h18,20H,2-17,19,21H2,1H3. The van der Waals surface area contributed by atoms with E-state index in [4.69, 9.17) is 4.74 Å². The van der Waals surface area contributed by atoms with Crippen LogP contribution in [0.1, 0.15) is 110 Å². The monoisotopic (exact) mass is 351 g/mol. The summed E-state index contributed by atoms with van der Waals surface area (Å²) in [6.45, 7) is 3.71. The van der Waals surface area contributed by atoms with Gasteiger partial charge in [0.25, 0.3) is 0 Å². The molecule has 0 saturated carbocycles. The van der Waals surface area contributed by atoms with E-state index in [1.54, 1.807) is 0 Å². The molecule has 0 fully saturated rings. The third kappa shape index (κ3) is 13.9. The predicted octanol–water partition coefficient (Wildman–Crippen LogP) is 6.58. The van der Waals surface area contributed by atoms with Crippen LogP contribution < -0.4 is 0 Å². The minimum absolute atomic E-state index is 0.219. The summed E-state index contributed by atoms with van der Waals surface area (Å²) in [5.74, 6) is -0.219. The zero-order chi connectivity index (χ0) is 18.0. The Bertz CT molecular complexity index is 341. The first-order valence-electron chi connectivity index (χ1n) is 10.9. The second kappa shape index (κ2) is 16.5. The lowest BCUT2D eigenvalue weighted by molar-refractivity contribution is -0.143. The van der Waals surface area contributed by atoms with Gasteiger partial charge in [0, 0.05) is 18.8 Å². The Hall–Kier alpha value is -0.990. The van der Waals surface area contributed by atoms with Crippen LogP contribution in [0.2, 0.25) is 0 Å². The van der Waals surface area contributed by atoms with Gasteiger partial charge in [0.1, 0.15) is 0 Å². The van der Waals surface area contributed by atoms with Crippen LogP contribution in [0.25, 0.3) is 0 Å². The van der Waals surface area contributed by atoms with Gasteiger partial charge in [0.2, 0.25) is 0 Å². The van der Waals surface area contributed by atoms with Crippen molar-refractivity contribution in [1.82, 2.24) is 4.90 Å². The molecule has 0 aromatic carbocycles. The summed E-state index contributed by atoms with van der Waals surface area (Å²) in [5, 5.41) is 0. The zero-order valence-corrected chi connectivity index (χ0v) is 16.6. The van der Waals surface area contributed by atoms with Crippen LogP contribution in [0.15, 0.2) is 12.3 Å². The Labute approximate surface area is 156 Å². The zero-order valence-electron chi connectivity index (χ0n) is 16.6. The Morgan fingerprint density at radius 2 is 1.20 bits per heavy atom. The molecule has 0 unspecified atom stereocenters. The molecule has 1 rings (SSSR count). The smallest absolute Gasteiger partial charge is 0.333 e. The van der Waals surface area contributed by atoms with Crippen LogP contribution in [0.4, 0.5) is 0 Å². The highest BCUT2D eigenvalue weighted by molar-refractivity contribution is 5.82. The lowest BCUT2D eigenvalue weighted by Gasteiger charge is -2.22. The SMILES string of the molecule is CCCCCCCCCCCCCCCCCCN1C=CC(=O)OC1. The van der Waals surface area contributed by atoms with Crippen molar-refractivity contribution in [1.29, 1.82) is 0 Å². The third-order valence-electron chi connectivity index (χ3n) is 5.09. The maximum absolute atomic E-state index is 10.9. The second-order valence-electron chi connectivity index (χ2n) is 7.52. The van der Waals surface area contributed by atoms with E-state index < -0.39 is 0 Å². The molecule has 25 heavy (non-hydrogen) atoms. The molecule has 0 saturated heterocycles. The molecule has 0 atom stereocenters. The van der Waals surface area contributed by atoms with E-state index in [9.17, 15) is 4.79 Å². The number of nitrogens with zero attached hydrogens (tertiary/aromatic N) is 1. The van der Waals surface area contributed by atoms with E-state index in [0.29, 0.717) is 6.73 Å². The van der Waals surface area contributed by atoms with Crippen molar-refractivity contribution in [2.75, 3.05) is 13.3 Å². The molecular weight excluding hydrogens is 310 g/mol. The van der Waals surface area contributed by atoms with Crippen molar-refractivity contribution in [3.8, 4) is 0 Å². The number of rotatable bonds is 17. The molecule has 1 aliphatic heterocycles. The minimum Gasteiger partial charge on any atom is -0.441 e. The highest BCUT2D eigenvalue weighted by Crippen LogP contribution is 2.14. The number of esters is 1. The Morgan fingerprint density at radius 1 is 0.760 bits per heavy atom. The fourth-order valence-electron chi connectivity index (χ4n) is 3.41. The molecule has 1 heterocycles. The van der Waals surface area contributed by atoms with Gasteiger partial charge >= 0.3 is 5.97 Å². The van der Waals surface area contributed by atoms with Gasteiger partial charge in [-0.1, -0.05) is 103 Å². The summed E-state index contributed by atoms with van der Waals surface area (Å²) in [6, 6.07) is 0. The van der Waals surface area contributed by atoms with Gasteiger partial charge in [-0.2, -0.15) is 0 Å². The number of unbranched alkanes of at least 4 members (excludes halogenated alkanes) is 15. The maximum Gasteiger partial charge on any atom is 0.333 e. The van der Waals surface area contributed by atoms with Crippen molar-refractivity contribution < 1.29 is 9.53 Å². The van der Waals surface area contributed by atoms with Gasteiger partial charge < -0.3 is 9.64 Å². The number of hydrogen-bond acceptors (Lipinski definition) is 3. The second-order valence-corrected chi connectivity index (χ2v) is 7.52. The predicted molar refractivity (Wildman–Crippen MR) is 106 cm³/mol. The number of ether oxygens (including phenoxy) is 1. The normalized spacial score (nSPS) is 14.1. The average Bonchev–Trinajstić information content (AvgIpc) is 2.63. The summed E-state index contributed by atoms with van der Waals surface area (Å²) in [5.41, 5.74) is 0. The maximum atomic E-state index is 10.9. The number of hydrogen-bond donors (Lipinski definition) is 0. The molecule has 146 valence electrons. The van der Waals surface area contributed by atoms with Gasteiger partial charge in [-0.25, -0.2) is 4.79 Å². The van der Waals surface area contributed by atoms with Crippen molar-refractivity contribution in [2.45, 2.75) is 110 Å². The highest BCUT2D eigenvalue weighted by Gasteiger charge is 2.08. The molecule has 0 spiro atoms. The first kappa shape index (κ1) is 22.1. The van der Waals surface area contributed by atoms with Gasteiger partial charge in [-0.05, 0) is 6.42 Å². The first-order chi connectivity index (χ1) is 12.3. The Balaban J connectivity index is 1.71. The van der Waals surface area contributed by atoms with E-state index in [0.717, 1.165) is 6.54 Å². The number of carbonyl (C=O) groups is 1. The molecular formula is C22H41NO2. The van der Waals surface area contributed by atoms with Crippen molar-refractivity contribution >= 4 is 5.97 Å². The summed E-state index contributed by atoms with van der Waals surface area (Å²) >= 11 is 0.